The molecule has 9 heteroatoms. The molecule has 0 aliphatic carbocycles. The summed E-state index contributed by atoms with van der Waals surface area (Å²) in [5.41, 5.74) is 5.09. The highest BCUT2D eigenvalue weighted by Crippen LogP contribution is 2.40. The van der Waals surface area contributed by atoms with E-state index >= 15 is 0 Å². The van der Waals surface area contributed by atoms with Crippen LogP contribution in [0.3, 0.4) is 0 Å². The molecule has 0 radical (unpaired) electrons. The van der Waals surface area contributed by atoms with Gasteiger partial charge in [-0.05, 0) is 48.1 Å². The van der Waals surface area contributed by atoms with Gasteiger partial charge in [0.25, 0.3) is 0 Å². The van der Waals surface area contributed by atoms with Crippen molar-refractivity contribution in [2.45, 2.75) is 32.4 Å². The molecule has 3 N–H and O–H groups in total. The fraction of sp³-hybridized carbons (Fsp3) is 0.304. The number of likely N-dealkylation sites (N-methyl/N-ethyl adjacent to an activating group) is 1. The number of aromatic nitrogens is 2. The van der Waals surface area contributed by atoms with E-state index in [-0.39, 0.29) is 11.9 Å². The lowest BCUT2D eigenvalue weighted by Gasteiger charge is -2.25. The zero-order valence-electron chi connectivity index (χ0n) is 18.1. The number of hydrogen-bond donors (Lipinski definition) is 3. The maximum Gasteiger partial charge on any atom is 0.488 e. The number of anilines is 4. The number of rotatable bonds is 5. The van der Waals surface area contributed by atoms with E-state index in [4.69, 9.17) is 9.97 Å². The molecule has 1 aromatic heterocycles. The summed E-state index contributed by atoms with van der Waals surface area (Å²) in [4.78, 5) is 14.0. The van der Waals surface area contributed by atoms with Gasteiger partial charge in [-0.25, -0.2) is 9.37 Å². The molecule has 5 rings (SSSR count). The first-order valence-corrected chi connectivity index (χ1v) is 10.8. The first-order chi connectivity index (χ1) is 15.4. The smallest absolute Gasteiger partial charge is 0.423 e. The van der Waals surface area contributed by atoms with Crippen LogP contribution < -0.4 is 20.6 Å². The first kappa shape index (κ1) is 20.7. The van der Waals surface area contributed by atoms with Crippen LogP contribution >= 0.6 is 0 Å². The third-order valence-corrected chi connectivity index (χ3v) is 6.24. The van der Waals surface area contributed by atoms with Gasteiger partial charge in [0, 0.05) is 38.3 Å². The van der Waals surface area contributed by atoms with Crippen LogP contribution in [0, 0.1) is 5.82 Å². The van der Waals surface area contributed by atoms with E-state index in [9.17, 15) is 14.4 Å². The Morgan fingerprint density at radius 2 is 2.00 bits per heavy atom. The van der Waals surface area contributed by atoms with Gasteiger partial charge in [-0.3, -0.25) is 0 Å². The third-order valence-electron chi connectivity index (χ3n) is 6.24. The fourth-order valence-corrected chi connectivity index (χ4v) is 4.72. The van der Waals surface area contributed by atoms with Crippen molar-refractivity contribution in [2.24, 2.45) is 0 Å². The minimum Gasteiger partial charge on any atom is -0.423 e. The van der Waals surface area contributed by atoms with Crippen molar-refractivity contribution in [1.29, 1.82) is 0 Å². The van der Waals surface area contributed by atoms with Crippen molar-refractivity contribution in [3.05, 3.63) is 65.1 Å². The quantitative estimate of drug-likeness (QED) is 0.531. The lowest BCUT2D eigenvalue weighted by molar-refractivity contribution is 0.425. The summed E-state index contributed by atoms with van der Waals surface area (Å²) in [6.07, 6.45) is 1.50. The molecular formula is C23H25BFN5O2. The molecule has 2 aliphatic rings. The molecule has 7 nitrogen and oxygen atoms in total. The summed E-state index contributed by atoms with van der Waals surface area (Å²) in [5, 5.41) is 23.0. The lowest BCUT2D eigenvalue weighted by Crippen LogP contribution is -2.32. The normalized spacial score (nSPS) is 16.8. The molecule has 0 amide bonds. The van der Waals surface area contributed by atoms with Gasteiger partial charge >= 0.3 is 7.12 Å². The van der Waals surface area contributed by atoms with E-state index < -0.39 is 7.12 Å². The van der Waals surface area contributed by atoms with E-state index in [2.05, 4.69) is 22.0 Å². The molecule has 1 atom stereocenters. The minimum absolute atomic E-state index is 0.0677. The topological polar surface area (TPSA) is 84.8 Å². The second-order valence-electron chi connectivity index (χ2n) is 8.46. The highest BCUT2D eigenvalue weighted by molar-refractivity contribution is 6.59. The fourth-order valence-electron chi connectivity index (χ4n) is 4.72. The maximum atomic E-state index is 13.6. The van der Waals surface area contributed by atoms with Crippen molar-refractivity contribution in [3.63, 3.8) is 0 Å². The molecule has 2 aliphatic heterocycles. The summed E-state index contributed by atoms with van der Waals surface area (Å²) in [7, 11) is 0.500. The van der Waals surface area contributed by atoms with E-state index in [1.54, 1.807) is 12.1 Å². The van der Waals surface area contributed by atoms with Crippen molar-refractivity contribution >= 4 is 35.7 Å². The first-order valence-electron chi connectivity index (χ1n) is 10.8. The zero-order valence-corrected chi connectivity index (χ0v) is 18.1. The summed E-state index contributed by atoms with van der Waals surface area (Å²) in [6, 6.07) is 12.1. The number of nitrogens with one attached hydrogen (secondary N) is 1. The monoisotopic (exact) mass is 433 g/mol. The van der Waals surface area contributed by atoms with E-state index in [1.165, 1.54) is 12.1 Å². The molecule has 164 valence electrons. The van der Waals surface area contributed by atoms with Crippen LogP contribution in [0.4, 0.5) is 27.5 Å². The Morgan fingerprint density at radius 1 is 1.19 bits per heavy atom. The Kier molecular flexibility index (Phi) is 5.23. The Morgan fingerprint density at radius 3 is 2.78 bits per heavy atom. The molecule has 1 unspecified atom stereocenters. The summed E-state index contributed by atoms with van der Waals surface area (Å²) >= 11 is 0. The molecule has 0 saturated heterocycles. The van der Waals surface area contributed by atoms with Gasteiger partial charge in [0.2, 0.25) is 5.95 Å². The highest BCUT2D eigenvalue weighted by Gasteiger charge is 2.34. The van der Waals surface area contributed by atoms with Gasteiger partial charge in [-0.2, -0.15) is 4.98 Å². The zero-order chi connectivity index (χ0) is 22.4. The maximum absolute atomic E-state index is 13.6. The average Bonchev–Trinajstić information content (AvgIpc) is 3.30. The molecule has 0 spiro atoms. The van der Waals surface area contributed by atoms with Gasteiger partial charge < -0.3 is 25.2 Å². The highest BCUT2D eigenvalue weighted by atomic mass is 19.1. The van der Waals surface area contributed by atoms with Crippen LogP contribution in [-0.4, -0.2) is 46.8 Å². The van der Waals surface area contributed by atoms with Gasteiger partial charge in [0.05, 0.1) is 5.69 Å². The van der Waals surface area contributed by atoms with Crippen LogP contribution in [0.25, 0.3) is 0 Å². The number of benzene rings is 2. The number of halogens is 1. The van der Waals surface area contributed by atoms with Gasteiger partial charge in [0.1, 0.15) is 11.5 Å². The summed E-state index contributed by atoms with van der Waals surface area (Å²) in [6.45, 7) is 3.38. The standard InChI is InChI=1S/C23H25BFN5O2/c1-14-11-17-18(24(31)32)7-4-8-20(17)30(14)23-27-19-9-10-29(2)21(19)22(28-23)26-13-15-5-3-6-16(25)12-15/h3-8,12,14,31-32H,9-11,13H2,1-2H3,(H,26,27,28). The number of fused-ring (bicyclic) bond motifs is 2. The van der Waals surface area contributed by atoms with Crippen LogP contribution in [0.1, 0.15) is 23.7 Å². The third kappa shape index (κ3) is 3.57. The van der Waals surface area contributed by atoms with Gasteiger partial charge in [-0.15, -0.1) is 0 Å². The molecule has 3 aromatic rings. The molecule has 2 aromatic carbocycles. The molecule has 0 bridgehead atoms. The average molecular weight is 433 g/mol. The number of nitrogens with zero attached hydrogens (tertiary/aromatic N) is 4. The predicted molar refractivity (Wildman–Crippen MR) is 124 cm³/mol. The SMILES string of the molecule is CC1Cc2c(B(O)O)cccc2N1c1nc2c(c(NCc3cccc(F)c3)n1)N(C)CC2. The lowest BCUT2D eigenvalue weighted by atomic mass is 9.76. The molecule has 0 fully saturated rings. The van der Waals surface area contributed by atoms with Crippen LogP contribution in [0.15, 0.2) is 42.5 Å². The van der Waals surface area contributed by atoms with E-state index in [1.807, 2.05) is 25.2 Å². The number of hydrogen-bond acceptors (Lipinski definition) is 7. The minimum atomic E-state index is -1.52. The molecule has 0 saturated carbocycles. The van der Waals surface area contributed by atoms with Crippen molar-refractivity contribution in [1.82, 2.24) is 9.97 Å². The van der Waals surface area contributed by atoms with Crippen LogP contribution in [0.5, 0.6) is 0 Å². The Balaban J connectivity index is 1.54. The molecule has 32 heavy (non-hydrogen) atoms. The van der Waals surface area contributed by atoms with E-state index in [0.29, 0.717) is 30.2 Å². The second kappa shape index (κ2) is 8.07. The predicted octanol–water partition coefficient (Wildman–Crippen LogP) is 1.98. The largest absolute Gasteiger partial charge is 0.488 e. The molecular weight excluding hydrogens is 408 g/mol. The second-order valence-corrected chi connectivity index (χ2v) is 8.46. The van der Waals surface area contributed by atoms with Crippen LogP contribution in [0.2, 0.25) is 0 Å². The Hall–Kier alpha value is -3.17. The Bertz CT molecular complexity index is 1180. The van der Waals surface area contributed by atoms with Crippen molar-refractivity contribution in [2.75, 3.05) is 28.7 Å². The van der Waals surface area contributed by atoms with E-state index in [0.717, 1.165) is 41.2 Å². The summed E-state index contributed by atoms with van der Waals surface area (Å²) < 4.78 is 13.6. The van der Waals surface area contributed by atoms with Crippen LogP contribution in [-0.2, 0) is 19.4 Å². The Labute approximate surface area is 186 Å². The van der Waals surface area contributed by atoms with Gasteiger partial charge in [0.15, 0.2) is 5.82 Å². The molecule has 3 heterocycles. The van der Waals surface area contributed by atoms with Crippen molar-refractivity contribution < 1.29 is 14.4 Å². The van der Waals surface area contributed by atoms with Crippen molar-refractivity contribution in [3.8, 4) is 0 Å². The van der Waals surface area contributed by atoms with Gasteiger partial charge in [-0.1, -0.05) is 24.3 Å². The summed E-state index contributed by atoms with van der Waals surface area (Å²) in [5.74, 6) is 1.03.